The Kier molecular flexibility index (Phi) is 6.01. The van der Waals surface area contributed by atoms with Gasteiger partial charge in [-0.2, -0.15) is 18.2 Å². The first-order valence-corrected chi connectivity index (χ1v) is 10.1. The second-order valence-electron chi connectivity index (χ2n) is 7.28. The molecule has 2 aromatic carbocycles. The first-order chi connectivity index (χ1) is 15.8. The number of aryl methyl sites for hydroxylation is 1. The summed E-state index contributed by atoms with van der Waals surface area (Å²) in [6.45, 7) is 0.216. The van der Waals surface area contributed by atoms with E-state index in [1.807, 2.05) is 0 Å². The number of nitrogens with zero attached hydrogens (tertiary/aromatic N) is 3. The van der Waals surface area contributed by atoms with E-state index in [-0.39, 0.29) is 23.3 Å². The molecule has 10 heteroatoms. The van der Waals surface area contributed by atoms with Crippen molar-refractivity contribution >= 4 is 16.9 Å². The van der Waals surface area contributed by atoms with Crippen LogP contribution in [0.3, 0.4) is 0 Å². The first-order valence-electron chi connectivity index (χ1n) is 10.1. The Morgan fingerprint density at radius 1 is 1.06 bits per heavy atom. The van der Waals surface area contributed by atoms with Gasteiger partial charge in [0, 0.05) is 31.0 Å². The number of benzene rings is 2. The van der Waals surface area contributed by atoms with Crippen molar-refractivity contribution in [1.29, 1.82) is 0 Å². The van der Waals surface area contributed by atoms with Gasteiger partial charge in [0.15, 0.2) is 0 Å². The fourth-order valence-corrected chi connectivity index (χ4v) is 3.48. The third-order valence-electron chi connectivity index (χ3n) is 5.06. The summed E-state index contributed by atoms with van der Waals surface area (Å²) < 4.78 is 42.1. The van der Waals surface area contributed by atoms with Crippen LogP contribution in [-0.4, -0.2) is 31.7 Å². The monoisotopic (exact) mass is 456 g/mol. The number of amides is 1. The maximum Gasteiger partial charge on any atom is 0.416 e. The number of aliphatic hydroxyl groups excluding tert-OH is 1. The molecule has 4 aromatic rings. The van der Waals surface area contributed by atoms with Crippen LogP contribution in [0.5, 0.6) is 0 Å². The van der Waals surface area contributed by atoms with Gasteiger partial charge in [0.2, 0.25) is 5.62 Å². The molecule has 0 saturated heterocycles. The molecule has 0 aliphatic carbocycles. The van der Waals surface area contributed by atoms with Gasteiger partial charge in [0.05, 0.1) is 22.3 Å². The Labute approximate surface area is 185 Å². The van der Waals surface area contributed by atoms with Crippen molar-refractivity contribution in [2.75, 3.05) is 6.61 Å². The average Bonchev–Trinajstić information content (AvgIpc) is 3.13. The zero-order valence-electron chi connectivity index (χ0n) is 17.2. The van der Waals surface area contributed by atoms with Gasteiger partial charge in [-0.05, 0) is 48.9 Å². The Hall–Kier alpha value is -3.92. The minimum atomic E-state index is -4.58. The number of halogens is 3. The lowest BCUT2D eigenvalue weighted by Gasteiger charge is -2.07. The Balaban J connectivity index is 1.82. The number of rotatable bonds is 5. The fourth-order valence-electron chi connectivity index (χ4n) is 3.48. The zero-order valence-corrected chi connectivity index (χ0v) is 17.2. The highest BCUT2D eigenvalue weighted by Gasteiger charge is 2.30. The standard InChI is InChI=1S/C23H19F3N4O3/c24-23(25,26)16-6-3-5-15(13-16)21(33)28-22-27-18-14-17(29-10-2-1-7-20(29)32)8-9-19(18)30(22)11-4-12-31/h1-3,5-10,13-14,31H,4,11-12H2,(H,27,28,33). The van der Waals surface area contributed by atoms with Crippen molar-refractivity contribution in [1.82, 2.24) is 14.1 Å². The third kappa shape index (κ3) is 4.65. The summed E-state index contributed by atoms with van der Waals surface area (Å²) in [5.41, 5.74) is 0.572. The van der Waals surface area contributed by atoms with Gasteiger partial charge in [-0.3, -0.25) is 14.2 Å². The van der Waals surface area contributed by atoms with Crippen LogP contribution in [0.25, 0.3) is 16.7 Å². The minimum absolute atomic E-state index is 0.0990. The number of imidazole rings is 1. The van der Waals surface area contributed by atoms with Crippen molar-refractivity contribution in [3.05, 3.63) is 94.0 Å². The summed E-state index contributed by atoms with van der Waals surface area (Å²) in [7, 11) is 0. The molecule has 33 heavy (non-hydrogen) atoms. The number of carbonyl (C=O) groups excluding carboxylic acids is 1. The van der Waals surface area contributed by atoms with E-state index in [1.165, 1.54) is 16.7 Å². The van der Waals surface area contributed by atoms with Crippen LogP contribution in [0.4, 0.5) is 13.2 Å². The average molecular weight is 456 g/mol. The van der Waals surface area contributed by atoms with Crippen molar-refractivity contribution in [3.63, 3.8) is 0 Å². The molecule has 2 heterocycles. The number of H-pyrrole nitrogens is 1. The molecule has 170 valence electrons. The Morgan fingerprint density at radius 3 is 2.61 bits per heavy atom. The van der Waals surface area contributed by atoms with Crippen LogP contribution < -0.4 is 11.2 Å². The predicted molar refractivity (Wildman–Crippen MR) is 115 cm³/mol. The van der Waals surface area contributed by atoms with Crippen molar-refractivity contribution in [2.24, 2.45) is 4.99 Å². The van der Waals surface area contributed by atoms with E-state index in [9.17, 15) is 27.9 Å². The lowest BCUT2D eigenvalue weighted by atomic mass is 10.1. The van der Waals surface area contributed by atoms with Gasteiger partial charge in [0.25, 0.3) is 11.5 Å². The summed E-state index contributed by atoms with van der Waals surface area (Å²) >= 11 is 0. The minimum Gasteiger partial charge on any atom is -0.396 e. The van der Waals surface area contributed by atoms with Gasteiger partial charge in [-0.25, -0.2) is 0 Å². The number of carbonyl (C=O) groups is 1. The van der Waals surface area contributed by atoms with E-state index in [4.69, 9.17) is 0 Å². The molecule has 2 N–H and O–H groups in total. The summed E-state index contributed by atoms with van der Waals surface area (Å²) in [6, 6.07) is 14.0. The molecule has 7 nitrogen and oxygen atoms in total. The zero-order chi connectivity index (χ0) is 23.6. The van der Waals surface area contributed by atoms with Crippen LogP contribution in [-0.2, 0) is 12.7 Å². The summed E-state index contributed by atoms with van der Waals surface area (Å²) in [5.74, 6) is -0.843. The van der Waals surface area contributed by atoms with Gasteiger partial charge < -0.3 is 14.7 Å². The van der Waals surface area contributed by atoms with E-state index in [0.29, 0.717) is 29.7 Å². The lowest BCUT2D eigenvalue weighted by Crippen LogP contribution is -2.21. The van der Waals surface area contributed by atoms with E-state index in [2.05, 4.69) is 9.98 Å². The van der Waals surface area contributed by atoms with Crippen LogP contribution in [0, 0.1) is 0 Å². The number of fused-ring (bicyclic) bond motifs is 1. The molecular formula is C23H19F3N4O3. The van der Waals surface area contributed by atoms with E-state index >= 15 is 0 Å². The smallest absolute Gasteiger partial charge is 0.396 e. The number of nitrogens with one attached hydrogen (secondary N) is 1. The van der Waals surface area contributed by atoms with E-state index in [1.54, 1.807) is 41.1 Å². The Morgan fingerprint density at radius 2 is 1.88 bits per heavy atom. The van der Waals surface area contributed by atoms with Crippen molar-refractivity contribution < 1.29 is 23.1 Å². The molecular weight excluding hydrogens is 437 g/mol. The lowest BCUT2D eigenvalue weighted by molar-refractivity contribution is -0.137. The molecule has 1 amide bonds. The molecule has 0 saturated carbocycles. The number of aliphatic hydroxyl groups is 1. The summed E-state index contributed by atoms with van der Waals surface area (Å²) in [4.78, 5) is 31.8. The topological polar surface area (TPSA) is 92.4 Å². The van der Waals surface area contributed by atoms with Crippen molar-refractivity contribution in [3.8, 4) is 5.69 Å². The highest BCUT2D eigenvalue weighted by molar-refractivity contribution is 5.95. The first kappa shape index (κ1) is 22.3. The number of aromatic nitrogens is 3. The molecule has 0 unspecified atom stereocenters. The molecule has 0 radical (unpaired) electrons. The van der Waals surface area contributed by atoms with E-state index < -0.39 is 17.6 Å². The van der Waals surface area contributed by atoms with Gasteiger partial charge in [0.1, 0.15) is 0 Å². The molecule has 4 rings (SSSR count). The highest BCUT2D eigenvalue weighted by Crippen LogP contribution is 2.29. The van der Waals surface area contributed by atoms with Crippen molar-refractivity contribution in [2.45, 2.75) is 19.1 Å². The largest absolute Gasteiger partial charge is 0.416 e. The van der Waals surface area contributed by atoms with Gasteiger partial charge in [-0.15, -0.1) is 0 Å². The molecule has 2 aromatic heterocycles. The Bertz CT molecular complexity index is 1450. The fraction of sp³-hybridized carbons (Fsp3) is 0.174. The maximum absolute atomic E-state index is 13.0. The van der Waals surface area contributed by atoms with Crippen LogP contribution in [0.2, 0.25) is 0 Å². The number of hydrogen-bond acceptors (Lipinski definition) is 3. The van der Waals surface area contributed by atoms with Crippen LogP contribution in [0.1, 0.15) is 22.3 Å². The molecule has 0 aliphatic rings. The summed E-state index contributed by atoms with van der Waals surface area (Å²) in [6.07, 6.45) is -2.59. The normalized spacial score (nSPS) is 12.4. The van der Waals surface area contributed by atoms with E-state index in [0.717, 1.165) is 18.2 Å². The molecule has 0 bridgehead atoms. The number of hydrogen-bond donors (Lipinski definition) is 2. The number of pyridine rings is 1. The summed E-state index contributed by atoms with van der Waals surface area (Å²) in [5, 5.41) is 9.25. The molecule has 0 atom stereocenters. The number of aromatic amines is 1. The van der Waals surface area contributed by atoms with Gasteiger partial charge >= 0.3 is 6.18 Å². The third-order valence-corrected chi connectivity index (χ3v) is 5.06. The van der Waals surface area contributed by atoms with Crippen LogP contribution >= 0.6 is 0 Å². The highest BCUT2D eigenvalue weighted by atomic mass is 19.4. The number of alkyl halides is 3. The maximum atomic E-state index is 13.0. The molecule has 0 spiro atoms. The second-order valence-corrected chi connectivity index (χ2v) is 7.28. The second kappa shape index (κ2) is 8.91. The molecule has 0 aliphatic heterocycles. The van der Waals surface area contributed by atoms with Crippen LogP contribution in [0.15, 0.2) is 76.6 Å². The van der Waals surface area contributed by atoms with Gasteiger partial charge in [-0.1, -0.05) is 12.1 Å². The SMILES string of the molecule is O=C(/N=c1\[nH]c2cc(-n3ccccc3=O)ccc2n1CCCO)c1cccc(C(F)(F)F)c1. The molecule has 0 fully saturated rings. The quantitative estimate of drug-likeness (QED) is 0.483. The predicted octanol–water partition coefficient (Wildman–Crippen LogP) is 3.26.